The number of hydrogen-bond donors (Lipinski definition) is 0. The summed E-state index contributed by atoms with van der Waals surface area (Å²) in [6, 6.07) is 0. The van der Waals surface area contributed by atoms with E-state index in [0.29, 0.717) is 12.2 Å². The SMILES string of the molecule is CCOC(=O)c1cn(CC)nc1[C@@H]1CCCO1. The lowest BCUT2D eigenvalue weighted by Gasteiger charge is -2.08. The van der Waals surface area contributed by atoms with Gasteiger partial charge in [0.2, 0.25) is 0 Å². The highest BCUT2D eigenvalue weighted by atomic mass is 16.5. The highest BCUT2D eigenvalue weighted by molar-refractivity contribution is 5.90. The molecule has 1 aromatic heterocycles. The van der Waals surface area contributed by atoms with Crippen LogP contribution in [0.15, 0.2) is 6.20 Å². The number of rotatable bonds is 4. The van der Waals surface area contributed by atoms with Gasteiger partial charge in [-0.1, -0.05) is 0 Å². The van der Waals surface area contributed by atoms with Crippen molar-refractivity contribution in [3.63, 3.8) is 0 Å². The molecule has 2 heterocycles. The van der Waals surface area contributed by atoms with E-state index >= 15 is 0 Å². The van der Waals surface area contributed by atoms with E-state index in [4.69, 9.17) is 9.47 Å². The van der Waals surface area contributed by atoms with Crippen LogP contribution >= 0.6 is 0 Å². The largest absolute Gasteiger partial charge is 0.462 e. The Bertz CT molecular complexity index is 394. The van der Waals surface area contributed by atoms with Crippen LogP contribution in [0.4, 0.5) is 0 Å². The van der Waals surface area contributed by atoms with Crippen molar-refractivity contribution < 1.29 is 14.3 Å². The maximum Gasteiger partial charge on any atom is 0.341 e. The number of hydrogen-bond acceptors (Lipinski definition) is 4. The summed E-state index contributed by atoms with van der Waals surface area (Å²) in [6.07, 6.45) is 3.64. The first-order valence-electron chi connectivity index (χ1n) is 6.12. The molecule has 0 aromatic carbocycles. The van der Waals surface area contributed by atoms with Gasteiger partial charge in [-0.05, 0) is 26.7 Å². The first kappa shape index (κ1) is 12.1. The van der Waals surface area contributed by atoms with E-state index in [1.165, 1.54) is 0 Å². The van der Waals surface area contributed by atoms with Gasteiger partial charge in [-0.2, -0.15) is 5.10 Å². The maximum absolute atomic E-state index is 11.8. The first-order chi connectivity index (χ1) is 8.26. The predicted molar refractivity (Wildman–Crippen MR) is 61.8 cm³/mol. The van der Waals surface area contributed by atoms with Gasteiger partial charge in [0.25, 0.3) is 0 Å². The molecular formula is C12H18N2O3. The van der Waals surface area contributed by atoms with Crippen LogP contribution in [0.25, 0.3) is 0 Å². The molecule has 0 aliphatic carbocycles. The van der Waals surface area contributed by atoms with Gasteiger partial charge in [0, 0.05) is 19.3 Å². The van der Waals surface area contributed by atoms with Crippen molar-refractivity contribution in [3.8, 4) is 0 Å². The second kappa shape index (κ2) is 5.31. The summed E-state index contributed by atoms with van der Waals surface area (Å²) < 4.78 is 12.4. The van der Waals surface area contributed by atoms with E-state index in [0.717, 1.165) is 31.7 Å². The number of nitrogens with zero attached hydrogens (tertiary/aromatic N) is 2. The molecule has 5 heteroatoms. The summed E-state index contributed by atoms with van der Waals surface area (Å²) in [5.74, 6) is -0.308. The minimum atomic E-state index is -0.308. The van der Waals surface area contributed by atoms with E-state index < -0.39 is 0 Å². The van der Waals surface area contributed by atoms with Crippen LogP contribution in [0.1, 0.15) is 48.8 Å². The Hall–Kier alpha value is -1.36. The van der Waals surface area contributed by atoms with Crippen LogP contribution in [0, 0.1) is 0 Å². The molecule has 0 spiro atoms. The first-order valence-corrected chi connectivity index (χ1v) is 6.12. The van der Waals surface area contributed by atoms with E-state index in [9.17, 15) is 4.79 Å². The third-order valence-electron chi connectivity index (χ3n) is 2.84. The molecule has 0 amide bonds. The molecule has 1 fully saturated rings. The van der Waals surface area contributed by atoms with Gasteiger partial charge in [-0.15, -0.1) is 0 Å². The van der Waals surface area contributed by atoms with Gasteiger partial charge in [0.15, 0.2) is 0 Å². The van der Waals surface area contributed by atoms with Crippen molar-refractivity contribution >= 4 is 5.97 Å². The Morgan fingerprint density at radius 1 is 1.65 bits per heavy atom. The fourth-order valence-electron chi connectivity index (χ4n) is 2.00. The maximum atomic E-state index is 11.8. The third-order valence-corrected chi connectivity index (χ3v) is 2.84. The lowest BCUT2D eigenvalue weighted by molar-refractivity contribution is 0.0514. The Morgan fingerprint density at radius 3 is 3.06 bits per heavy atom. The molecule has 1 aromatic rings. The summed E-state index contributed by atoms with van der Waals surface area (Å²) in [5, 5.41) is 4.40. The predicted octanol–water partition coefficient (Wildman–Crippen LogP) is 1.93. The van der Waals surface area contributed by atoms with E-state index in [1.54, 1.807) is 17.8 Å². The molecule has 0 radical (unpaired) electrons. The minimum absolute atomic E-state index is 0.0535. The lowest BCUT2D eigenvalue weighted by Crippen LogP contribution is -2.09. The van der Waals surface area contributed by atoms with Crippen LogP contribution < -0.4 is 0 Å². The molecule has 1 aliphatic rings. The van der Waals surface area contributed by atoms with Crippen molar-refractivity contribution in [3.05, 3.63) is 17.5 Å². The fraction of sp³-hybridized carbons (Fsp3) is 0.667. The molecule has 0 bridgehead atoms. The van der Waals surface area contributed by atoms with Crippen molar-refractivity contribution in [2.24, 2.45) is 0 Å². The Labute approximate surface area is 101 Å². The average molecular weight is 238 g/mol. The third kappa shape index (κ3) is 2.49. The molecule has 17 heavy (non-hydrogen) atoms. The summed E-state index contributed by atoms with van der Waals surface area (Å²) in [6.45, 7) is 5.64. The van der Waals surface area contributed by atoms with E-state index in [2.05, 4.69) is 5.10 Å². The molecule has 1 atom stereocenters. The standard InChI is InChI=1S/C12H18N2O3/c1-3-14-8-9(12(15)16-4-2)11(13-14)10-6-5-7-17-10/h8,10H,3-7H2,1-2H3/t10-/m0/s1. The number of carbonyl (C=O) groups is 1. The molecule has 2 rings (SSSR count). The molecule has 0 N–H and O–H groups in total. The van der Waals surface area contributed by atoms with Gasteiger partial charge < -0.3 is 9.47 Å². The molecule has 0 unspecified atom stereocenters. The summed E-state index contributed by atoms with van der Waals surface area (Å²) >= 11 is 0. The molecule has 5 nitrogen and oxygen atoms in total. The molecule has 1 aliphatic heterocycles. The number of ether oxygens (including phenoxy) is 2. The van der Waals surface area contributed by atoms with Crippen molar-refractivity contribution in [1.29, 1.82) is 0 Å². The van der Waals surface area contributed by atoms with Crippen LogP contribution in [0.2, 0.25) is 0 Å². The number of esters is 1. The quantitative estimate of drug-likeness (QED) is 0.752. The van der Waals surface area contributed by atoms with Gasteiger partial charge in [-0.3, -0.25) is 4.68 Å². The van der Waals surface area contributed by atoms with E-state index in [1.807, 2.05) is 6.92 Å². The fourth-order valence-corrected chi connectivity index (χ4v) is 2.00. The topological polar surface area (TPSA) is 53.4 Å². The zero-order valence-corrected chi connectivity index (χ0v) is 10.3. The highest BCUT2D eigenvalue weighted by Crippen LogP contribution is 2.30. The van der Waals surface area contributed by atoms with Crippen molar-refractivity contribution in [1.82, 2.24) is 9.78 Å². The monoisotopic (exact) mass is 238 g/mol. The average Bonchev–Trinajstić information content (AvgIpc) is 2.98. The summed E-state index contributed by atoms with van der Waals surface area (Å²) in [4.78, 5) is 11.8. The number of aromatic nitrogens is 2. The normalized spacial score (nSPS) is 19.5. The molecular weight excluding hydrogens is 220 g/mol. The number of carbonyl (C=O) groups excluding carboxylic acids is 1. The lowest BCUT2D eigenvalue weighted by atomic mass is 10.1. The Kier molecular flexibility index (Phi) is 3.78. The highest BCUT2D eigenvalue weighted by Gasteiger charge is 2.27. The zero-order valence-electron chi connectivity index (χ0n) is 10.3. The Morgan fingerprint density at radius 2 is 2.47 bits per heavy atom. The van der Waals surface area contributed by atoms with Crippen LogP contribution in [-0.4, -0.2) is 29.0 Å². The number of aryl methyl sites for hydroxylation is 1. The Balaban J connectivity index is 2.28. The van der Waals surface area contributed by atoms with Crippen LogP contribution in [0.5, 0.6) is 0 Å². The summed E-state index contributed by atoms with van der Waals surface area (Å²) in [5.41, 5.74) is 1.27. The summed E-state index contributed by atoms with van der Waals surface area (Å²) in [7, 11) is 0. The van der Waals surface area contributed by atoms with Gasteiger partial charge in [-0.25, -0.2) is 4.79 Å². The van der Waals surface area contributed by atoms with Crippen LogP contribution in [0.3, 0.4) is 0 Å². The smallest absolute Gasteiger partial charge is 0.341 e. The van der Waals surface area contributed by atoms with Crippen molar-refractivity contribution in [2.45, 2.75) is 39.3 Å². The van der Waals surface area contributed by atoms with E-state index in [-0.39, 0.29) is 12.1 Å². The zero-order chi connectivity index (χ0) is 12.3. The second-order valence-electron chi connectivity index (χ2n) is 4.01. The molecule has 0 saturated carbocycles. The van der Waals surface area contributed by atoms with Gasteiger partial charge in [0.1, 0.15) is 17.4 Å². The molecule has 94 valence electrons. The van der Waals surface area contributed by atoms with Crippen LogP contribution in [-0.2, 0) is 16.0 Å². The van der Waals surface area contributed by atoms with Crippen molar-refractivity contribution in [2.75, 3.05) is 13.2 Å². The van der Waals surface area contributed by atoms with Gasteiger partial charge in [0.05, 0.1) is 6.61 Å². The minimum Gasteiger partial charge on any atom is -0.462 e. The van der Waals surface area contributed by atoms with Gasteiger partial charge >= 0.3 is 5.97 Å². The second-order valence-corrected chi connectivity index (χ2v) is 4.01. The molecule has 1 saturated heterocycles.